The number of ether oxygens (including phenoxy) is 2. The molecule has 25 heavy (non-hydrogen) atoms. The zero-order valence-corrected chi connectivity index (χ0v) is 15.5. The third-order valence-electron chi connectivity index (χ3n) is 3.77. The van der Waals surface area contributed by atoms with Crippen molar-refractivity contribution in [1.82, 2.24) is 5.32 Å². The molecule has 0 fully saturated rings. The number of hydrogen-bond donors (Lipinski definition) is 1. The Morgan fingerprint density at radius 1 is 1.16 bits per heavy atom. The molecular formula is C20H23NO3S. The Morgan fingerprint density at radius 2 is 1.88 bits per heavy atom. The summed E-state index contributed by atoms with van der Waals surface area (Å²) in [6, 6.07) is 15.7. The summed E-state index contributed by atoms with van der Waals surface area (Å²) < 4.78 is 10.8. The van der Waals surface area contributed by atoms with Crippen molar-refractivity contribution in [3.8, 4) is 5.75 Å². The second-order valence-electron chi connectivity index (χ2n) is 5.32. The zero-order valence-electron chi connectivity index (χ0n) is 14.7. The number of carbonyl (C=O) groups excluding carboxylic acids is 1. The van der Waals surface area contributed by atoms with Gasteiger partial charge in [-0.2, -0.15) is 0 Å². The molecule has 0 heterocycles. The molecule has 0 unspecified atom stereocenters. The van der Waals surface area contributed by atoms with E-state index in [0.717, 1.165) is 16.9 Å². The first kappa shape index (κ1) is 19.1. The summed E-state index contributed by atoms with van der Waals surface area (Å²) in [5, 5.41) is 2.87. The van der Waals surface area contributed by atoms with E-state index >= 15 is 0 Å². The number of thioether (sulfide) groups is 1. The fraction of sp³-hybridized carbons (Fsp3) is 0.250. The van der Waals surface area contributed by atoms with Gasteiger partial charge in [0.15, 0.2) is 0 Å². The lowest BCUT2D eigenvalue weighted by atomic mass is 10.1. The summed E-state index contributed by atoms with van der Waals surface area (Å²) >= 11 is 1.69. The SMILES string of the molecule is COc1ccccc1[C@H](CNC(=O)/C=C/c1ccc(SC)cc1)OC. The van der Waals surface area contributed by atoms with Gasteiger partial charge in [0.05, 0.1) is 7.11 Å². The van der Waals surface area contributed by atoms with Gasteiger partial charge in [0, 0.05) is 30.2 Å². The van der Waals surface area contributed by atoms with Crippen LogP contribution in [0.4, 0.5) is 0 Å². The van der Waals surface area contributed by atoms with Gasteiger partial charge in [0.1, 0.15) is 11.9 Å². The van der Waals surface area contributed by atoms with Crippen LogP contribution in [0.5, 0.6) is 5.75 Å². The summed E-state index contributed by atoms with van der Waals surface area (Å²) in [6.45, 7) is 0.367. The minimum Gasteiger partial charge on any atom is -0.496 e. The Balaban J connectivity index is 1.94. The first-order valence-electron chi connectivity index (χ1n) is 7.93. The van der Waals surface area contributed by atoms with E-state index in [0.29, 0.717) is 6.54 Å². The fourth-order valence-corrected chi connectivity index (χ4v) is 2.80. The van der Waals surface area contributed by atoms with Crippen molar-refractivity contribution >= 4 is 23.7 Å². The van der Waals surface area contributed by atoms with Gasteiger partial charge in [-0.1, -0.05) is 30.3 Å². The van der Waals surface area contributed by atoms with Crippen molar-refractivity contribution in [2.24, 2.45) is 0 Å². The molecular weight excluding hydrogens is 334 g/mol. The van der Waals surface area contributed by atoms with Crippen molar-refractivity contribution in [1.29, 1.82) is 0 Å². The molecule has 0 aliphatic rings. The molecule has 0 saturated carbocycles. The molecule has 132 valence electrons. The molecule has 0 spiro atoms. The molecule has 0 aliphatic carbocycles. The maximum atomic E-state index is 12.1. The molecule has 1 amide bonds. The van der Waals surface area contributed by atoms with Crippen LogP contribution in [0.1, 0.15) is 17.2 Å². The van der Waals surface area contributed by atoms with Gasteiger partial charge in [0.25, 0.3) is 0 Å². The normalized spacial score (nSPS) is 12.1. The quantitative estimate of drug-likeness (QED) is 0.574. The summed E-state index contributed by atoms with van der Waals surface area (Å²) in [5.74, 6) is 0.582. The monoisotopic (exact) mass is 357 g/mol. The molecule has 0 radical (unpaired) electrons. The highest BCUT2D eigenvalue weighted by Gasteiger charge is 2.15. The molecule has 1 atom stereocenters. The van der Waals surface area contributed by atoms with E-state index in [9.17, 15) is 4.79 Å². The number of carbonyl (C=O) groups is 1. The highest BCUT2D eigenvalue weighted by atomic mass is 32.2. The minimum atomic E-state index is -0.269. The van der Waals surface area contributed by atoms with Crippen LogP contribution in [-0.2, 0) is 9.53 Å². The summed E-state index contributed by atoms with van der Waals surface area (Å²) in [6.07, 6.45) is 5.09. The molecule has 5 heteroatoms. The van der Waals surface area contributed by atoms with Gasteiger partial charge in [-0.3, -0.25) is 4.79 Å². The predicted octanol–water partition coefficient (Wildman–Crippen LogP) is 3.93. The standard InChI is InChI=1S/C20H23NO3S/c1-23-18-7-5-4-6-17(18)19(24-2)14-21-20(22)13-10-15-8-11-16(25-3)12-9-15/h4-13,19H,14H2,1-3H3,(H,21,22)/b13-10+/t19-/m0/s1. The van der Waals surface area contributed by atoms with E-state index < -0.39 is 0 Å². The van der Waals surface area contributed by atoms with Crippen LogP contribution < -0.4 is 10.1 Å². The smallest absolute Gasteiger partial charge is 0.244 e. The average molecular weight is 357 g/mol. The van der Waals surface area contributed by atoms with E-state index in [1.54, 1.807) is 32.1 Å². The van der Waals surface area contributed by atoms with Gasteiger partial charge in [-0.15, -0.1) is 11.8 Å². The summed E-state index contributed by atoms with van der Waals surface area (Å²) in [5.41, 5.74) is 1.89. The number of hydrogen-bond acceptors (Lipinski definition) is 4. The summed E-state index contributed by atoms with van der Waals surface area (Å²) in [4.78, 5) is 13.3. The topological polar surface area (TPSA) is 47.6 Å². The molecule has 2 aromatic carbocycles. The molecule has 2 rings (SSSR count). The second kappa shape index (κ2) is 9.91. The van der Waals surface area contributed by atoms with E-state index in [-0.39, 0.29) is 12.0 Å². The number of rotatable bonds is 8. The molecule has 0 aromatic heterocycles. The lowest BCUT2D eigenvalue weighted by Crippen LogP contribution is -2.27. The molecule has 1 N–H and O–H groups in total. The summed E-state index contributed by atoms with van der Waals surface area (Å²) in [7, 11) is 3.24. The average Bonchev–Trinajstić information content (AvgIpc) is 2.67. The first-order chi connectivity index (χ1) is 12.2. The van der Waals surface area contributed by atoms with Gasteiger partial charge in [0.2, 0.25) is 5.91 Å². The fourth-order valence-electron chi connectivity index (χ4n) is 2.39. The van der Waals surface area contributed by atoms with Gasteiger partial charge in [-0.05, 0) is 36.1 Å². The lowest BCUT2D eigenvalue weighted by molar-refractivity contribution is -0.117. The van der Waals surface area contributed by atoms with Crippen LogP contribution in [0.15, 0.2) is 59.5 Å². The van der Waals surface area contributed by atoms with Crippen molar-refractivity contribution in [2.45, 2.75) is 11.0 Å². The van der Waals surface area contributed by atoms with Crippen LogP contribution >= 0.6 is 11.8 Å². The highest BCUT2D eigenvalue weighted by Crippen LogP contribution is 2.26. The van der Waals surface area contributed by atoms with Crippen molar-refractivity contribution < 1.29 is 14.3 Å². The van der Waals surface area contributed by atoms with Crippen molar-refractivity contribution in [3.05, 3.63) is 65.7 Å². The van der Waals surface area contributed by atoms with Crippen LogP contribution in [0.25, 0.3) is 6.08 Å². The number of methoxy groups -OCH3 is 2. The highest BCUT2D eigenvalue weighted by molar-refractivity contribution is 7.98. The Hall–Kier alpha value is -2.24. The zero-order chi connectivity index (χ0) is 18.1. The third kappa shape index (κ3) is 5.66. The molecule has 0 saturated heterocycles. The first-order valence-corrected chi connectivity index (χ1v) is 9.16. The molecule has 0 bridgehead atoms. The lowest BCUT2D eigenvalue weighted by Gasteiger charge is -2.18. The van der Waals surface area contributed by atoms with E-state index in [4.69, 9.17) is 9.47 Å². The van der Waals surface area contributed by atoms with Crippen LogP contribution in [0.2, 0.25) is 0 Å². The van der Waals surface area contributed by atoms with Crippen molar-refractivity contribution in [3.63, 3.8) is 0 Å². The van der Waals surface area contributed by atoms with Gasteiger partial charge >= 0.3 is 0 Å². The molecule has 0 aliphatic heterocycles. The van der Waals surface area contributed by atoms with Crippen molar-refractivity contribution in [2.75, 3.05) is 27.0 Å². The largest absolute Gasteiger partial charge is 0.496 e. The van der Waals surface area contributed by atoms with E-state index in [1.165, 1.54) is 11.0 Å². The number of benzene rings is 2. The van der Waals surface area contributed by atoms with Crippen LogP contribution in [0.3, 0.4) is 0 Å². The number of para-hydroxylation sites is 1. The van der Waals surface area contributed by atoms with E-state index in [1.807, 2.05) is 54.8 Å². The van der Waals surface area contributed by atoms with Crippen LogP contribution in [0, 0.1) is 0 Å². The maximum Gasteiger partial charge on any atom is 0.244 e. The predicted molar refractivity (Wildman–Crippen MR) is 103 cm³/mol. The third-order valence-corrected chi connectivity index (χ3v) is 4.52. The maximum absolute atomic E-state index is 12.1. The van der Waals surface area contributed by atoms with Gasteiger partial charge in [-0.25, -0.2) is 0 Å². The molecule has 4 nitrogen and oxygen atoms in total. The number of amides is 1. The van der Waals surface area contributed by atoms with E-state index in [2.05, 4.69) is 5.32 Å². The van der Waals surface area contributed by atoms with Gasteiger partial charge < -0.3 is 14.8 Å². The second-order valence-corrected chi connectivity index (χ2v) is 6.20. The Bertz CT molecular complexity index is 713. The Morgan fingerprint density at radius 3 is 2.52 bits per heavy atom. The Kier molecular flexibility index (Phi) is 7.57. The molecule has 2 aromatic rings. The number of nitrogens with one attached hydrogen (secondary N) is 1. The Labute approximate surface area is 153 Å². The minimum absolute atomic E-state index is 0.161. The van der Waals surface area contributed by atoms with Crippen LogP contribution in [-0.4, -0.2) is 32.9 Å².